The number of aryl methyl sites for hydroxylation is 1. The molecule has 0 atom stereocenters. The first-order valence-electron chi connectivity index (χ1n) is 7.75. The zero-order valence-corrected chi connectivity index (χ0v) is 13.7. The minimum Gasteiger partial charge on any atom is -0.398 e. The van der Waals surface area contributed by atoms with Crippen molar-refractivity contribution < 1.29 is 8.42 Å². The van der Waals surface area contributed by atoms with Crippen LogP contribution in [0.15, 0.2) is 23.1 Å². The molecule has 118 valence electrons. The predicted octanol–water partition coefficient (Wildman–Crippen LogP) is 3.07. The van der Waals surface area contributed by atoms with E-state index in [0.29, 0.717) is 23.7 Å². The molecule has 5 heteroatoms. The number of sulfonamides is 1. The Bertz CT molecular complexity index is 556. The molecule has 0 aliphatic heterocycles. The molecule has 4 nitrogen and oxygen atoms in total. The molecule has 0 spiro atoms. The van der Waals surface area contributed by atoms with E-state index in [1.807, 2.05) is 0 Å². The summed E-state index contributed by atoms with van der Waals surface area (Å²) >= 11 is 0. The fourth-order valence-electron chi connectivity index (χ4n) is 3.13. The molecule has 1 fully saturated rings. The molecule has 1 aromatic carbocycles. The highest BCUT2D eigenvalue weighted by molar-refractivity contribution is 7.89. The van der Waals surface area contributed by atoms with Crippen molar-refractivity contribution in [2.45, 2.75) is 50.8 Å². The van der Waals surface area contributed by atoms with Gasteiger partial charge in [-0.25, -0.2) is 13.1 Å². The van der Waals surface area contributed by atoms with E-state index in [-0.39, 0.29) is 4.90 Å². The lowest BCUT2D eigenvalue weighted by molar-refractivity contribution is 0.278. The highest BCUT2D eigenvalue weighted by Crippen LogP contribution is 2.30. The molecule has 0 unspecified atom stereocenters. The average molecular weight is 310 g/mol. The molecule has 0 heterocycles. The van der Waals surface area contributed by atoms with Gasteiger partial charge in [0.15, 0.2) is 0 Å². The van der Waals surface area contributed by atoms with Gasteiger partial charge in [-0.05, 0) is 36.8 Å². The number of rotatable bonds is 5. The number of hydrogen-bond donors (Lipinski definition) is 2. The van der Waals surface area contributed by atoms with Crippen LogP contribution in [0.2, 0.25) is 0 Å². The second kappa shape index (κ2) is 6.79. The summed E-state index contributed by atoms with van der Waals surface area (Å²) < 4.78 is 27.5. The van der Waals surface area contributed by atoms with Crippen molar-refractivity contribution in [3.63, 3.8) is 0 Å². The molecular weight excluding hydrogens is 284 g/mol. The second-order valence-electron chi connectivity index (χ2n) is 6.31. The van der Waals surface area contributed by atoms with Gasteiger partial charge in [0.05, 0.1) is 5.69 Å². The number of nitrogens with one attached hydrogen (secondary N) is 1. The van der Waals surface area contributed by atoms with Gasteiger partial charge in [-0.1, -0.05) is 44.7 Å². The summed E-state index contributed by atoms with van der Waals surface area (Å²) in [6.07, 6.45) is 5.88. The van der Waals surface area contributed by atoms with Crippen LogP contribution < -0.4 is 10.5 Å². The number of anilines is 1. The van der Waals surface area contributed by atoms with Crippen LogP contribution in [0.25, 0.3) is 0 Å². The van der Waals surface area contributed by atoms with E-state index in [1.165, 1.54) is 25.7 Å². The average Bonchev–Trinajstić information content (AvgIpc) is 2.40. The zero-order valence-electron chi connectivity index (χ0n) is 12.9. The Labute approximate surface area is 128 Å². The first-order valence-corrected chi connectivity index (χ1v) is 9.23. The first-order chi connectivity index (χ1) is 9.90. The Balaban J connectivity index is 1.93. The Morgan fingerprint density at radius 2 is 1.90 bits per heavy atom. The van der Waals surface area contributed by atoms with Crippen LogP contribution in [0.3, 0.4) is 0 Å². The summed E-state index contributed by atoms with van der Waals surface area (Å²) in [5.41, 5.74) is 6.82. The zero-order chi connectivity index (χ0) is 15.5. The standard InChI is InChI=1S/C16H26N2O2S/c1-12-6-8-14(9-7-12)10-11-18-21(19,20)16-13(2)4-3-5-15(16)17/h3-5,12,14,18H,6-11,17H2,1-2H3. The summed E-state index contributed by atoms with van der Waals surface area (Å²) in [5.74, 6) is 1.47. The van der Waals surface area contributed by atoms with Gasteiger partial charge in [0.2, 0.25) is 10.0 Å². The fraction of sp³-hybridized carbons (Fsp3) is 0.625. The molecule has 3 N–H and O–H groups in total. The maximum atomic E-state index is 12.4. The number of nitrogen functional groups attached to an aromatic ring is 1. The second-order valence-corrected chi connectivity index (χ2v) is 8.01. The van der Waals surface area contributed by atoms with Crippen LogP contribution in [-0.4, -0.2) is 15.0 Å². The van der Waals surface area contributed by atoms with Crippen LogP contribution in [0, 0.1) is 18.8 Å². The van der Waals surface area contributed by atoms with Gasteiger partial charge in [0.25, 0.3) is 0 Å². The predicted molar refractivity (Wildman–Crippen MR) is 86.5 cm³/mol. The van der Waals surface area contributed by atoms with E-state index in [0.717, 1.165) is 12.3 Å². The van der Waals surface area contributed by atoms with Crippen LogP contribution >= 0.6 is 0 Å². The van der Waals surface area contributed by atoms with Gasteiger partial charge < -0.3 is 5.73 Å². The lowest BCUT2D eigenvalue weighted by atomic mass is 9.81. The molecule has 1 saturated carbocycles. The van der Waals surface area contributed by atoms with Crippen molar-refractivity contribution >= 4 is 15.7 Å². The summed E-state index contributed by atoms with van der Waals surface area (Å²) in [7, 11) is -3.51. The normalized spacial score (nSPS) is 23.1. The van der Waals surface area contributed by atoms with Crippen LogP contribution in [0.5, 0.6) is 0 Å². The smallest absolute Gasteiger partial charge is 0.242 e. The lowest BCUT2D eigenvalue weighted by Crippen LogP contribution is -2.28. The molecule has 2 rings (SSSR count). The monoisotopic (exact) mass is 310 g/mol. The Hall–Kier alpha value is -1.07. The molecule has 0 saturated heterocycles. The summed E-state index contributed by atoms with van der Waals surface area (Å²) in [4.78, 5) is 0.224. The van der Waals surface area contributed by atoms with Gasteiger partial charge in [0.1, 0.15) is 4.90 Å². The van der Waals surface area contributed by atoms with Gasteiger partial charge >= 0.3 is 0 Å². The molecular formula is C16H26N2O2S. The van der Waals surface area contributed by atoms with Crippen molar-refractivity contribution in [2.75, 3.05) is 12.3 Å². The van der Waals surface area contributed by atoms with Crippen molar-refractivity contribution in [3.8, 4) is 0 Å². The lowest BCUT2D eigenvalue weighted by Gasteiger charge is -2.26. The number of hydrogen-bond acceptors (Lipinski definition) is 3. The van der Waals surface area contributed by atoms with Crippen molar-refractivity contribution in [1.29, 1.82) is 0 Å². The Morgan fingerprint density at radius 3 is 2.52 bits per heavy atom. The van der Waals surface area contributed by atoms with Crippen LogP contribution in [-0.2, 0) is 10.0 Å². The molecule has 1 aliphatic carbocycles. The van der Waals surface area contributed by atoms with Crippen molar-refractivity contribution in [2.24, 2.45) is 11.8 Å². The minimum absolute atomic E-state index is 0.224. The highest BCUT2D eigenvalue weighted by Gasteiger charge is 2.21. The van der Waals surface area contributed by atoms with Gasteiger partial charge in [0, 0.05) is 6.54 Å². The van der Waals surface area contributed by atoms with Gasteiger partial charge in [-0.2, -0.15) is 0 Å². The molecule has 0 bridgehead atoms. The van der Waals surface area contributed by atoms with E-state index in [9.17, 15) is 8.42 Å². The summed E-state index contributed by atoms with van der Waals surface area (Å²) in [5, 5.41) is 0. The summed E-state index contributed by atoms with van der Waals surface area (Å²) in [6.45, 7) is 4.56. The molecule has 0 amide bonds. The summed E-state index contributed by atoms with van der Waals surface area (Å²) in [6, 6.07) is 5.17. The van der Waals surface area contributed by atoms with E-state index in [4.69, 9.17) is 5.73 Å². The Kier molecular flexibility index (Phi) is 5.27. The van der Waals surface area contributed by atoms with Gasteiger partial charge in [-0.15, -0.1) is 0 Å². The number of benzene rings is 1. The molecule has 21 heavy (non-hydrogen) atoms. The molecule has 1 aliphatic rings. The quantitative estimate of drug-likeness (QED) is 0.821. The van der Waals surface area contributed by atoms with E-state index in [1.54, 1.807) is 25.1 Å². The van der Waals surface area contributed by atoms with E-state index < -0.39 is 10.0 Å². The Morgan fingerprint density at radius 1 is 1.24 bits per heavy atom. The third kappa shape index (κ3) is 4.20. The highest BCUT2D eigenvalue weighted by atomic mass is 32.2. The third-order valence-electron chi connectivity index (χ3n) is 4.49. The number of nitrogens with two attached hydrogens (primary N) is 1. The maximum Gasteiger partial charge on any atom is 0.242 e. The molecule has 1 aromatic rings. The topological polar surface area (TPSA) is 72.2 Å². The van der Waals surface area contributed by atoms with Crippen LogP contribution in [0.4, 0.5) is 5.69 Å². The minimum atomic E-state index is -3.51. The third-order valence-corrected chi connectivity index (χ3v) is 6.17. The fourth-order valence-corrected chi connectivity index (χ4v) is 4.53. The molecule has 0 radical (unpaired) electrons. The van der Waals surface area contributed by atoms with E-state index >= 15 is 0 Å². The SMILES string of the molecule is Cc1cccc(N)c1S(=O)(=O)NCCC1CCC(C)CC1. The largest absolute Gasteiger partial charge is 0.398 e. The van der Waals surface area contributed by atoms with Crippen LogP contribution in [0.1, 0.15) is 44.6 Å². The van der Waals surface area contributed by atoms with E-state index in [2.05, 4.69) is 11.6 Å². The van der Waals surface area contributed by atoms with Crippen molar-refractivity contribution in [1.82, 2.24) is 4.72 Å². The molecule has 0 aromatic heterocycles. The van der Waals surface area contributed by atoms with Crippen molar-refractivity contribution in [3.05, 3.63) is 23.8 Å². The van der Waals surface area contributed by atoms with Gasteiger partial charge in [-0.3, -0.25) is 0 Å². The first kappa shape index (κ1) is 16.3. The maximum absolute atomic E-state index is 12.4.